The maximum atomic E-state index is 12.3. The summed E-state index contributed by atoms with van der Waals surface area (Å²) in [7, 11) is 0. The Bertz CT molecular complexity index is 660. The summed E-state index contributed by atoms with van der Waals surface area (Å²) in [4.78, 5) is 12.3. The van der Waals surface area contributed by atoms with Gasteiger partial charge >= 0.3 is 0 Å². The van der Waals surface area contributed by atoms with Crippen molar-refractivity contribution in [3.05, 3.63) is 70.2 Å². The summed E-state index contributed by atoms with van der Waals surface area (Å²) >= 11 is 21.3. The molecule has 0 aliphatic carbocycles. The van der Waals surface area contributed by atoms with Crippen molar-refractivity contribution in [2.45, 2.75) is 16.4 Å². The smallest absolute Gasteiger partial charge is 0.252 e. The summed E-state index contributed by atoms with van der Waals surface area (Å²) in [5.74, 6) is -0.314. The quantitative estimate of drug-likeness (QED) is 0.495. The normalized spacial score (nSPS) is 12.7. The van der Waals surface area contributed by atoms with Gasteiger partial charge in [0.15, 0.2) is 0 Å². The molecule has 0 unspecified atom stereocenters. The Morgan fingerprint density at radius 1 is 1.04 bits per heavy atom. The first-order valence-corrected chi connectivity index (χ1v) is 9.19. The van der Waals surface area contributed by atoms with Gasteiger partial charge in [0.1, 0.15) is 6.17 Å². The molecule has 2 aromatic rings. The molecule has 1 amide bonds. The fraction of sp³-hybridized carbons (Fsp3) is 0.235. The summed E-state index contributed by atoms with van der Waals surface area (Å²) in [5, 5.41) is 5.80. The van der Waals surface area contributed by atoms with Crippen LogP contribution in [-0.2, 0) is 6.42 Å². The molecule has 0 bridgehead atoms. The van der Waals surface area contributed by atoms with Crippen molar-refractivity contribution in [2.24, 2.45) is 0 Å². The van der Waals surface area contributed by atoms with Crippen LogP contribution in [0.25, 0.3) is 0 Å². The molecule has 24 heavy (non-hydrogen) atoms. The van der Waals surface area contributed by atoms with Gasteiger partial charge in [-0.15, -0.1) is 0 Å². The summed E-state index contributed by atoms with van der Waals surface area (Å²) in [6, 6.07) is 16.9. The molecule has 0 saturated heterocycles. The molecule has 2 rings (SSSR count). The Morgan fingerprint density at radius 2 is 1.67 bits per heavy atom. The van der Waals surface area contributed by atoms with E-state index in [1.54, 1.807) is 24.3 Å². The second kappa shape index (κ2) is 9.07. The topological polar surface area (TPSA) is 41.1 Å². The van der Waals surface area contributed by atoms with Crippen LogP contribution in [0.15, 0.2) is 59.1 Å². The van der Waals surface area contributed by atoms with Crippen LogP contribution in [0.1, 0.15) is 15.9 Å². The van der Waals surface area contributed by atoms with Crippen LogP contribution in [0, 0.1) is 0 Å². The second-order valence-corrected chi connectivity index (χ2v) is 8.43. The van der Waals surface area contributed by atoms with Gasteiger partial charge in [0.05, 0.1) is 0 Å². The lowest BCUT2D eigenvalue weighted by molar-refractivity contribution is 0.0930. The van der Waals surface area contributed by atoms with Gasteiger partial charge in [-0.25, -0.2) is 0 Å². The minimum atomic E-state index is -1.66. The molecule has 0 aliphatic heterocycles. The van der Waals surface area contributed by atoms with Crippen molar-refractivity contribution in [3.8, 4) is 0 Å². The highest BCUT2D eigenvalue weighted by Gasteiger charge is 2.33. The van der Waals surface area contributed by atoms with Gasteiger partial charge in [-0.3, -0.25) is 10.1 Å². The molecule has 7 heteroatoms. The Balaban J connectivity index is 1.95. The number of benzene rings is 2. The summed E-state index contributed by atoms with van der Waals surface area (Å²) in [6.45, 7) is 0.559. The van der Waals surface area contributed by atoms with Crippen LogP contribution in [0.4, 0.5) is 0 Å². The average molecular weight is 451 g/mol. The predicted octanol–water partition coefficient (Wildman–Crippen LogP) is 4.71. The highest BCUT2D eigenvalue weighted by molar-refractivity contribution is 9.10. The zero-order valence-electron chi connectivity index (χ0n) is 12.6. The van der Waals surface area contributed by atoms with Gasteiger partial charge < -0.3 is 5.32 Å². The number of carbonyl (C=O) groups is 1. The zero-order chi connectivity index (χ0) is 17.6. The highest BCUT2D eigenvalue weighted by atomic mass is 79.9. The number of hydrogen-bond acceptors (Lipinski definition) is 2. The molecule has 2 aromatic carbocycles. The van der Waals surface area contributed by atoms with E-state index in [1.165, 1.54) is 0 Å². The van der Waals surface area contributed by atoms with Crippen LogP contribution >= 0.6 is 50.7 Å². The molecule has 3 nitrogen and oxygen atoms in total. The molecule has 0 heterocycles. The van der Waals surface area contributed by atoms with Crippen LogP contribution in [-0.4, -0.2) is 22.4 Å². The molecule has 2 N–H and O–H groups in total. The summed E-state index contributed by atoms with van der Waals surface area (Å²) in [6.07, 6.45) is -0.0472. The summed E-state index contributed by atoms with van der Waals surface area (Å²) in [5.41, 5.74) is 1.65. The third-order valence-corrected chi connectivity index (χ3v) is 4.50. The Labute approximate surface area is 164 Å². The van der Waals surface area contributed by atoms with Crippen molar-refractivity contribution < 1.29 is 4.79 Å². The van der Waals surface area contributed by atoms with Crippen LogP contribution in [0.5, 0.6) is 0 Å². The van der Waals surface area contributed by atoms with Gasteiger partial charge in [-0.1, -0.05) is 81.1 Å². The van der Waals surface area contributed by atoms with E-state index in [-0.39, 0.29) is 5.91 Å². The molecule has 0 spiro atoms. The van der Waals surface area contributed by atoms with E-state index in [9.17, 15) is 4.79 Å². The van der Waals surface area contributed by atoms with E-state index in [0.29, 0.717) is 12.1 Å². The van der Waals surface area contributed by atoms with Crippen molar-refractivity contribution in [3.63, 3.8) is 0 Å². The SMILES string of the molecule is O=C(N[C@@H](NCCc1ccccc1)C(Cl)(Cl)Cl)c1ccc(Br)cc1. The number of halogens is 4. The van der Waals surface area contributed by atoms with E-state index in [4.69, 9.17) is 34.8 Å². The average Bonchev–Trinajstić information content (AvgIpc) is 2.54. The summed E-state index contributed by atoms with van der Waals surface area (Å²) < 4.78 is -0.778. The number of hydrogen-bond donors (Lipinski definition) is 2. The molecule has 0 radical (unpaired) electrons. The number of alkyl halides is 3. The number of carbonyl (C=O) groups excluding carboxylic acids is 1. The van der Waals surface area contributed by atoms with Crippen molar-refractivity contribution >= 4 is 56.6 Å². The van der Waals surface area contributed by atoms with E-state index in [2.05, 4.69) is 26.6 Å². The fourth-order valence-electron chi connectivity index (χ4n) is 2.07. The van der Waals surface area contributed by atoms with Gasteiger partial charge in [0, 0.05) is 16.6 Å². The molecular weight excluding hydrogens is 434 g/mol. The van der Waals surface area contributed by atoms with Crippen molar-refractivity contribution in [1.29, 1.82) is 0 Å². The Morgan fingerprint density at radius 3 is 2.25 bits per heavy atom. The third-order valence-electron chi connectivity index (χ3n) is 3.31. The van der Waals surface area contributed by atoms with Crippen molar-refractivity contribution in [1.82, 2.24) is 10.6 Å². The lowest BCUT2D eigenvalue weighted by atomic mass is 10.1. The molecule has 0 saturated carbocycles. The monoisotopic (exact) mass is 448 g/mol. The first-order valence-electron chi connectivity index (χ1n) is 7.27. The van der Waals surface area contributed by atoms with Gasteiger partial charge in [-0.2, -0.15) is 0 Å². The van der Waals surface area contributed by atoms with Crippen LogP contribution in [0.2, 0.25) is 0 Å². The Kier molecular flexibility index (Phi) is 7.38. The second-order valence-electron chi connectivity index (χ2n) is 5.14. The van der Waals surface area contributed by atoms with E-state index < -0.39 is 9.96 Å². The van der Waals surface area contributed by atoms with Crippen LogP contribution in [0.3, 0.4) is 0 Å². The number of amides is 1. The molecule has 0 aliphatic rings. The molecule has 1 atom stereocenters. The zero-order valence-corrected chi connectivity index (χ0v) is 16.5. The standard InChI is InChI=1S/C17H16BrCl3N2O/c18-14-8-6-13(7-9-14)15(24)23-16(17(19,20)21)22-11-10-12-4-2-1-3-5-12/h1-9,16,22H,10-11H2,(H,23,24)/t16-/m1/s1. The van der Waals surface area contributed by atoms with E-state index in [0.717, 1.165) is 16.5 Å². The lowest BCUT2D eigenvalue weighted by Gasteiger charge is -2.26. The first-order chi connectivity index (χ1) is 11.4. The predicted molar refractivity (Wildman–Crippen MR) is 104 cm³/mol. The minimum absolute atomic E-state index is 0.314. The largest absolute Gasteiger partial charge is 0.333 e. The van der Waals surface area contributed by atoms with Gasteiger partial charge in [0.25, 0.3) is 5.91 Å². The fourth-order valence-corrected chi connectivity index (χ4v) is 2.73. The number of rotatable bonds is 6. The van der Waals surface area contributed by atoms with Gasteiger partial charge in [0.2, 0.25) is 3.79 Å². The highest BCUT2D eigenvalue weighted by Crippen LogP contribution is 2.29. The Hall–Kier alpha value is -0.780. The lowest BCUT2D eigenvalue weighted by Crippen LogP contribution is -2.53. The van der Waals surface area contributed by atoms with E-state index >= 15 is 0 Å². The van der Waals surface area contributed by atoms with Crippen molar-refractivity contribution in [2.75, 3.05) is 6.54 Å². The molecule has 128 valence electrons. The minimum Gasteiger partial charge on any atom is -0.333 e. The molecule has 0 fully saturated rings. The molecular formula is C17H16BrCl3N2O. The van der Waals surface area contributed by atoms with Gasteiger partial charge in [-0.05, 0) is 36.2 Å². The first kappa shape index (κ1) is 19.5. The van der Waals surface area contributed by atoms with E-state index in [1.807, 2.05) is 30.3 Å². The number of nitrogens with one attached hydrogen (secondary N) is 2. The maximum absolute atomic E-state index is 12.3. The maximum Gasteiger partial charge on any atom is 0.252 e. The third kappa shape index (κ3) is 6.26. The van der Waals surface area contributed by atoms with Crippen LogP contribution < -0.4 is 10.6 Å². The molecule has 0 aromatic heterocycles.